The summed E-state index contributed by atoms with van der Waals surface area (Å²) in [5.41, 5.74) is 1.07. The Kier molecular flexibility index (Phi) is 6.85. The van der Waals surface area contributed by atoms with Crippen LogP contribution in [0.4, 0.5) is 16.2 Å². The molecular weight excluding hydrogens is 424 g/mol. The van der Waals surface area contributed by atoms with Crippen molar-refractivity contribution >= 4 is 35.2 Å². The Bertz CT molecular complexity index is 879. The molecule has 9 heteroatoms. The van der Waals surface area contributed by atoms with Crippen molar-refractivity contribution in [3.8, 4) is 0 Å². The maximum Gasteiger partial charge on any atom is 0.315 e. The predicted molar refractivity (Wildman–Crippen MR) is 122 cm³/mol. The fourth-order valence-electron chi connectivity index (χ4n) is 6.08. The molecule has 0 aromatic heterocycles. The highest BCUT2D eigenvalue weighted by Crippen LogP contribution is 2.55. The molecule has 4 N–H and O–H groups in total. The number of nitrogens with one attached hydrogen (secondary N) is 4. The van der Waals surface area contributed by atoms with Crippen LogP contribution in [0.1, 0.15) is 51.9 Å². The van der Waals surface area contributed by atoms with Crippen LogP contribution in [0.25, 0.3) is 0 Å². The van der Waals surface area contributed by atoms with Gasteiger partial charge >= 0.3 is 12.0 Å². The van der Waals surface area contributed by atoms with E-state index in [2.05, 4.69) is 21.3 Å². The zero-order chi connectivity index (χ0) is 23.4. The lowest BCUT2D eigenvalue weighted by Crippen LogP contribution is -2.61. The molecule has 0 saturated heterocycles. The summed E-state index contributed by atoms with van der Waals surface area (Å²) in [6, 6.07) is 6.35. The average Bonchev–Trinajstić information content (AvgIpc) is 2.72. The zero-order valence-corrected chi connectivity index (χ0v) is 18.9. The topological polar surface area (TPSA) is 126 Å². The summed E-state index contributed by atoms with van der Waals surface area (Å²) in [4.78, 5) is 47.3. The maximum absolute atomic E-state index is 12.4. The summed E-state index contributed by atoms with van der Waals surface area (Å²) in [5, 5.41) is 11.2. The van der Waals surface area contributed by atoms with Crippen LogP contribution in [0.15, 0.2) is 24.3 Å². The number of rotatable bonds is 8. The fraction of sp³-hybridized carbons (Fsp3) is 0.583. The highest BCUT2D eigenvalue weighted by atomic mass is 16.5. The molecule has 0 atom stereocenters. The van der Waals surface area contributed by atoms with Crippen molar-refractivity contribution < 1.29 is 23.9 Å². The van der Waals surface area contributed by atoms with E-state index in [0.29, 0.717) is 11.4 Å². The molecule has 4 saturated carbocycles. The SMILES string of the molecule is CC(=O)Nc1ccc(NC(=O)COC(=O)CCNC(=O)NC23CC4CC(CC(C4)C2)C3)cc1. The Morgan fingerprint density at radius 2 is 1.45 bits per heavy atom. The third kappa shape index (κ3) is 6.24. The lowest BCUT2D eigenvalue weighted by Gasteiger charge is -2.56. The summed E-state index contributed by atoms with van der Waals surface area (Å²) in [6.07, 6.45) is 7.13. The Morgan fingerprint density at radius 1 is 0.909 bits per heavy atom. The average molecular weight is 457 g/mol. The number of carbonyl (C=O) groups is 4. The van der Waals surface area contributed by atoms with Crippen molar-refractivity contribution in [1.29, 1.82) is 0 Å². The van der Waals surface area contributed by atoms with Gasteiger partial charge in [0.05, 0.1) is 6.42 Å². The van der Waals surface area contributed by atoms with Gasteiger partial charge in [-0.25, -0.2) is 4.79 Å². The highest BCUT2D eigenvalue weighted by Gasteiger charge is 2.51. The second-order valence-electron chi connectivity index (χ2n) is 9.80. The third-order valence-electron chi connectivity index (χ3n) is 6.88. The van der Waals surface area contributed by atoms with Gasteiger partial charge in [-0.1, -0.05) is 0 Å². The number of benzene rings is 1. The number of hydrogen-bond acceptors (Lipinski definition) is 5. The van der Waals surface area contributed by atoms with Crippen LogP contribution < -0.4 is 21.3 Å². The van der Waals surface area contributed by atoms with Gasteiger partial charge in [0.1, 0.15) is 0 Å². The monoisotopic (exact) mass is 456 g/mol. The molecule has 0 unspecified atom stereocenters. The van der Waals surface area contributed by atoms with Crippen LogP contribution in [0.2, 0.25) is 0 Å². The van der Waals surface area contributed by atoms with Crippen LogP contribution in [-0.2, 0) is 19.1 Å². The van der Waals surface area contributed by atoms with Gasteiger partial charge in [0.2, 0.25) is 5.91 Å². The number of carbonyl (C=O) groups excluding carboxylic acids is 4. The largest absolute Gasteiger partial charge is 0.456 e. The van der Waals surface area contributed by atoms with Gasteiger partial charge in [0.25, 0.3) is 5.91 Å². The number of hydrogen-bond donors (Lipinski definition) is 4. The second-order valence-corrected chi connectivity index (χ2v) is 9.80. The number of amides is 4. The van der Waals surface area contributed by atoms with Crippen molar-refractivity contribution in [3.63, 3.8) is 0 Å². The molecule has 9 nitrogen and oxygen atoms in total. The molecule has 4 fully saturated rings. The minimum Gasteiger partial charge on any atom is -0.456 e. The van der Waals surface area contributed by atoms with E-state index in [0.717, 1.165) is 37.0 Å². The van der Waals surface area contributed by atoms with Crippen molar-refractivity contribution in [2.24, 2.45) is 17.8 Å². The van der Waals surface area contributed by atoms with Gasteiger partial charge in [0, 0.05) is 30.4 Å². The smallest absolute Gasteiger partial charge is 0.315 e. The summed E-state index contributed by atoms with van der Waals surface area (Å²) in [7, 11) is 0. The Labute approximate surface area is 193 Å². The molecule has 4 bridgehead atoms. The van der Waals surface area contributed by atoms with Gasteiger partial charge < -0.3 is 26.0 Å². The minimum atomic E-state index is -0.554. The molecule has 0 spiro atoms. The van der Waals surface area contributed by atoms with Crippen molar-refractivity contribution in [1.82, 2.24) is 10.6 Å². The Hall–Kier alpha value is -3.10. The van der Waals surface area contributed by atoms with E-state index >= 15 is 0 Å². The van der Waals surface area contributed by atoms with Gasteiger partial charge in [-0.05, 0) is 80.5 Å². The van der Waals surface area contributed by atoms with Crippen LogP contribution in [0.3, 0.4) is 0 Å². The summed E-state index contributed by atoms with van der Waals surface area (Å²) < 4.78 is 4.99. The van der Waals surface area contributed by atoms with E-state index < -0.39 is 18.5 Å². The first-order valence-electron chi connectivity index (χ1n) is 11.7. The summed E-state index contributed by atoms with van der Waals surface area (Å²) in [5.74, 6) is 1.02. The van der Waals surface area contributed by atoms with Crippen molar-refractivity contribution in [2.75, 3.05) is 23.8 Å². The number of ether oxygens (including phenoxy) is 1. The van der Waals surface area contributed by atoms with Gasteiger partial charge in [0.15, 0.2) is 6.61 Å². The maximum atomic E-state index is 12.4. The molecule has 33 heavy (non-hydrogen) atoms. The highest BCUT2D eigenvalue weighted by molar-refractivity contribution is 5.93. The molecular formula is C24H32N4O5. The molecule has 0 radical (unpaired) electrons. The molecule has 4 amide bonds. The molecule has 178 valence electrons. The normalized spacial score (nSPS) is 26.9. The molecule has 0 heterocycles. The van der Waals surface area contributed by atoms with E-state index in [1.54, 1.807) is 24.3 Å². The van der Waals surface area contributed by atoms with E-state index in [1.807, 2.05) is 0 Å². The number of anilines is 2. The Morgan fingerprint density at radius 3 is 2.00 bits per heavy atom. The van der Waals surface area contributed by atoms with E-state index in [4.69, 9.17) is 4.74 Å². The molecule has 4 aliphatic rings. The minimum absolute atomic E-state index is 0.00696. The fourth-order valence-corrected chi connectivity index (χ4v) is 6.08. The third-order valence-corrected chi connectivity index (χ3v) is 6.88. The molecule has 1 aromatic rings. The van der Waals surface area contributed by atoms with Crippen LogP contribution in [0.5, 0.6) is 0 Å². The van der Waals surface area contributed by atoms with Crippen LogP contribution in [-0.4, -0.2) is 42.5 Å². The molecule has 0 aliphatic heterocycles. The number of esters is 1. The zero-order valence-electron chi connectivity index (χ0n) is 18.9. The standard InChI is InChI=1S/C24H32N4O5/c1-15(29)26-19-2-4-20(5-3-19)27-21(30)14-33-22(31)6-7-25-23(32)28-24-11-16-8-17(12-24)10-18(9-16)13-24/h2-5,16-18H,6-14H2,1H3,(H,26,29)(H,27,30)(H2,25,28,32). The van der Waals surface area contributed by atoms with E-state index in [1.165, 1.54) is 26.2 Å². The van der Waals surface area contributed by atoms with Crippen LogP contribution in [0, 0.1) is 17.8 Å². The van der Waals surface area contributed by atoms with E-state index in [9.17, 15) is 19.2 Å². The first kappa shape index (κ1) is 23.1. The summed E-state index contributed by atoms with van der Waals surface area (Å²) in [6.45, 7) is 1.16. The number of urea groups is 1. The lowest BCUT2D eigenvalue weighted by molar-refractivity contribution is -0.147. The lowest BCUT2D eigenvalue weighted by atomic mass is 9.53. The molecule has 1 aromatic carbocycles. The van der Waals surface area contributed by atoms with Crippen molar-refractivity contribution in [3.05, 3.63) is 24.3 Å². The van der Waals surface area contributed by atoms with Gasteiger partial charge in [-0.15, -0.1) is 0 Å². The van der Waals surface area contributed by atoms with Crippen molar-refractivity contribution in [2.45, 2.75) is 57.4 Å². The van der Waals surface area contributed by atoms with E-state index in [-0.39, 0.29) is 30.4 Å². The first-order valence-corrected chi connectivity index (χ1v) is 11.7. The Balaban J connectivity index is 1.11. The van der Waals surface area contributed by atoms with Gasteiger partial charge in [-0.2, -0.15) is 0 Å². The summed E-state index contributed by atoms with van der Waals surface area (Å²) >= 11 is 0. The second kappa shape index (κ2) is 9.80. The van der Waals surface area contributed by atoms with Crippen LogP contribution >= 0.6 is 0 Å². The molecule has 5 rings (SSSR count). The first-order chi connectivity index (χ1) is 15.8. The predicted octanol–water partition coefficient (Wildman–Crippen LogP) is 2.78. The quantitative estimate of drug-likeness (QED) is 0.448. The molecule has 4 aliphatic carbocycles. The van der Waals surface area contributed by atoms with Gasteiger partial charge in [-0.3, -0.25) is 14.4 Å².